The molecule has 0 aliphatic heterocycles. The Balaban J connectivity index is 1.59. The number of ether oxygens (including phenoxy) is 1. The van der Waals surface area contributed by atoms with E-state index in [1.54, 1.807) is 0 Å². The number of Topliss-reactive ketones (excluding diaryl/α,β-unsaturated/α-hetero) is 1. The van der Waals surface area contributed by atoms with Gasteiger partial charge in [0.2, 0.25) is 0 Å². The molecule has 6 atom stereocenters. The number of fused-ring (bicyclic) bond motifs is 5. The lowest BCUT2D eigenvalue weighted by Gasteiger charge is -2.53. The van der Waals surface area contributed by atoms with E-state index in [1.165, 1.54) is 6.92 Å². The fourth-order valence-electron chi connectivity index (χ4n) is 6.61. The van der Waals surface area contributed by atoms with Crippen LogP contribution in [0.1, 0.15) is 65.2 Å². The van der Waals surface area contributed by atoms with Crippen LogP contribution in [-0.2, 0) is 14.3 Å². The SMILES string of the molecule is CC(=O)O[C@H]1CC[C@H]2[C@@H]3CCC4=C(O)C(=O)CC[C@@H]4[C@H]3CC[C@]12C. The molecule has 4 aliphatic carbocycles. The predicted molar refractivity (Wildman–Crippen MR) is 89.2 cm³/mol. The van der Waals surface area contributed by atoms with E-state index in [4.69, 9.17) is 4.74 Å². The molecule has 4 heteroatoms. The Morgan fingerprint density at radius 1 is 1.12 bits per heavy atom. The van der Waals surface area contributed by atoms with E-state index >= 15 is 0 Å². The first-order valence-corrected chi connectivity index (χ1v) is 9.54. The highest BCUT2D eigenvalue weighted by atomic mass is 16.5. The Kier molecular flexibility index (Phi) is 3.77. The molecule has 0 aromatic rings. The molecule has 0 heterocycles. The minimum absolute atomic E-state index is 0.0591. The Labute approximate surface area is 143 Å². The summed E-state index contributed by atoms with van der Waals surface area (Å²) in [4.78, 5) is 23.3. The van der Waals surface area contributed by atoms with Crippen LogP contribution in [-0.4, -0.2) is 23.0 Å². The summed E-state index contributed by atoms with van der Waals surface area (Å²) in [7, 11) is 0. The molecule has 0 radical (unpaired) electrons. The lowest BCUT2D eigenvalue weighted by atomic mass is 9.52. The van der Waals surface area contributed by atoms with Crippen LogP contribution in [0.15, 0.2) is 11.3 Å². The number of esters is 1. The third-order valence-electron chi connectivity index (χ3n) is 7.68. The van der Waals surface area contributed by atoms with Crippen LogP contribution in [0.4, 0.5) is 0 Å². The van der Waals surface area contributed by atoms with Gasteiger partial charge in [0.15, 0.2) is 11.5 Å². The largest absolute Gasteiger partial charge is 0.504 e. The van der Waals surface area contributed by atoms with Gasteiger partial charge in [0.25, 0.3) is 0 Å². The summed E-state index contributed by atoms with van der Waals surface area (Å²) in [5, 5.41) is 10.2. The first kappa shape index (κ1) is 16.2. The number of hydrogen-bond acceptors (Lipinski definition) is 4. The second kappa shape index (κ2) is 5.60. The summed E-state index contributed by atoms with van der Waals surface area (Å²) in [6.45, 7) is 3.84. The van der Waals surface area contributed by atoms with Gasteiger partial charge in [-0.1, -0.05) is 6.92 Å². The van der Waals surface area contributed by atoms with Crippen LogP contribution in [0.25, 0.3) is 0 Å². The van der Waals surface area contributed by atoms with Crippen LogP contribution in [0.5, 0.6) is 0 Å². The molecule has 4 aliphatic rings. The normalized spacial score (nSPS) is 44.6. The Bertz CT molecular complexity index is 607. The number of aliphatic hydroxyl groups is 1. The number of aliphatic hydroxyl groups excluding tert-OH is 1. The molecule has 0 saturated heterocycles. The first-order chi connectivity index (χ1) is 11.4. The van der Waals surface area contributed by atoms with Gasteiger partial charge in [-0.2, -0.15) is 0 Å². The number of allylic oxidation sites excluding steroid dienone is 1. The summed E-state index contributed by atoms with van der Waals surface area (Å²) < 4.78 is 5.67. The van der Waals surface area contributed by atoms with Gasteiger partial charge in [0, 0.05) is 18.8 Å². The molecular weight excluding hydrogens is 304 g/mol. The smallest absolute Gasteiger partial charge is 0.302 e. The lowest BCUT2D eigenvalue weighted by Crippen LogP contribution is -2.48. The van der Waals surface area contributed by atoms with Crippen molar-refractivity contribution in [3.05, 3.63) is 11.3 Å². The van der Waals surface area contributed by atoms with Crippen LogP contribution in [0, 0.1) is 29.1 Å². The molecule has 0 amide bonds. The third kappa shape index (κ3) is 2.25. The summed E-state index contributed by atoms with van der Waals surface area (Å²) in [5.41, 5.74) is 1.16. The number of ketones is 1. The van der Waals surface area contributed by atoms with Crippen molar-refractivity contribution in [3.8, 4) is 0 Å². The highest BCUT2D eigenvalue weighted by Crippen LogP contribution is 2.62. The van der Waals surface area contributed by atoms with E-state index in [0.29, 0.717) is 30.1 Å². The summed E-state index contributed by atoms with van der Waals surface area (Å²) in [6, 6.07) is 0. The fourth-order valence-corrected chi connectivity index (χ4v) is 6.61. The van der Waals surface area contributed by atoms with Crippen molar-refractivity contribution in [3.63, 3.8) is 0 Å². The molecule has 0 aromatic carbocycles. The molecule has 24 heavy (non-hydrogen) atoms. The maximum absolute atomic E-state index is 11.8. The Morgan fingerprint density at radius 2 is 1.92 bits per heavy atom. The molecule has 0 unspecified atom stereocenters. The zero-order chi connectivity index (χ0) is 17.1. The van der Waals surface area contributed by atoms with Crippen molar-refractivity contribution >= 4 is 11.8 Å². The molecule has 3 fully saturated rings. The molecule has 3 saturated carbocycles. The number of carbonyl (C=O) groups excluding carboxylic acids is 2. The van der Waals surface area contributed by atoms with Crippen LogP contribution in [0.2, 0.25) is 0 Å². The van der Waals surface area contributed by atoms with E-state index in [2.05, 4.69) is 6.92 Å². The average molecular weight is 332 g/mol. The molecule has 132 valence electrons. The van der Waals surface area contributed by atoms with Gasteiger partial charge >= 0.3 is 5.97 Å². The maximum Gasteiger partial charge on any atom is 0.302 e. The quantitative estimate of drug-likeness (QED) is 0.739. The van der Waals surface area contributed by atoms with Gasteiger partial charge in [-0.05, 0) is 74.2 Å². The minimum atomic E-state index is -0.159. The van der Waals surface area contributed by atoms with Gasteiger partial charge in [-0.25, -0.2) is 0 Å². The molecular formula is C20H28O4. The monoisotopic (exact) mass is 332 g/mol. The van der Waals surface area contributed by atoms with E-state index in [9.17, 15) is 14.7 Å². The van der Waals surface area contributed by atoms with E-state index < -0.39 is 0 Å². The highest BCUT2D eigenvalue weighted by molar-refractivity contribution is 5.94. The van der Waals surface area contributed by atoms with Crippen LogP contribution >= 0.6 is 0 Å². The number of carbonyl (C=O) groups is 2. The third-order valence-corrected chi connectivity index (χ3v) is 7.68. The van der Waals surface area contributed by atoms with Crippen molar-refractivity contribution in [2.24, 2.45) is 29.1 Å². The summed E-state index contributed by atoms with van der Waals surface area (Å²) in [5.74, 6) is 2.13. The van der Waals surface area contributed by atoms with Crippen molar-refractivity contribution in [2.75, 3.05) is 0 Å². The topological polar surface area (TPSA) is 63.6 Å². The zero-order valence-corrected chi connectivity index (χ0v) is 14.7. The van der Waals surface area contributed by atoms with Crippen LogP contribution < -0.4 is 0 Å². The van der Waals surface area contributed by atoms with Gasteiger partial charge in [-0.3, -0.25) is 9.59 Å². The highest BCUT2D eigenvalue weighted by Gasteiger charge is 2.57. The number of rotatable bonds is 1. The Hall–Kier alpha value is -1.32. The van der Waals surface area contributed by atoms with Crippen molar-refractivity contribution in [1.29, 1.82) is 0 Å². The van der Waals surface area contributed by atoms with Crippen molar-refractivity contribution in [1.82, 2.24) is 0 Å². The lowest BCUT2D eigenvalue weighted by molar-refractivity contribution is -0.156. The summed E-state index contributed by atoms with van der Waals surface area (Å²) >= 11 is 0. The maximum atomic E-state index is 11.8. The molecule has 0 bridgehead atoms. The fraction of sp³-hybridized carbons (Fsp3) is 0.800. The second-order valence-electron chi connectivity index (χ2n) is 8.63. The zero-order valence-electron chi connectivity index (χ0n) is 14.7. The van der Waals surface area contributed by atoms with Crippen molar-refractivity contribution in [2.45, 2.75) is 71.3 Å². The average Bonchev–Trinajstić information content (AvgIpc) is 2.87. The number of hydrogen-bond donors (Lipinski definition) is 1. The molecule has 4 rings (SSSR count). The van der Waals surface area contributed by atoms with Gasteiger partial charge < -0.3 is 9.84 Å². The van der Waals surface area contributed by atoms with E-state index in [0.717, 1.165) is 50.5 Å². The minimum Gasteiger partial charge on any atom is -0.504 e. The van der Waals surface area contributed by atoms with E-state index in [-0.39, 0.29) is 29.0 Å². The molecule has 1 N–H and O–H groups in total. The van der Waals surface area contributed by atoms with Gasteiger partial charge in [-0.15, -0.1) is 0 Å². The standard InChI is InChI=1S/C20H28O4/c1-11(21)24-18-8-6-16-14-3-4-15-12(5-7-17(22)19(15)23)13(14)9-10-20(16,18)2/h12-14,16,18,23H,3-10H2,1-2H3/t12-,13-,14-,16+,18+,20+/m1/s1. The van der Waals surface area contributed by atoms with Crippen LogP contribution in [0.3, 0.4) is 0 Å². The molecule has 0 aromatic heterocycles. The Morgan fingerprint density at radius 3 is 2.67 bits per heavy atom. The van der Waals surface area contributed by atoms with Gasteiger partial charge in [0.05, 0.1) is 0 Å². The van der Waals surface area contributed by atoms with Gasteiger partial charge in [0.1, 0.15) is 6.10 Å². The molecule has 4 nitrogen and oxygen atoms in total. The first-order valence-electron chi connectivity index (χ1n) is 9.54. The second-order valence-corrected chi connectivity index (χ2v) is 8.63. The molecule has 0 spiro atoms. The van der Waals surface area contributed by atoms with E-state index in [1.807, 2.05) is 0 Å². The predicted octanol–water partition coefficient (Wildman–Crippen LogP) is 3.95. The summed E-state index contributed by atoms with van der Waals surface area (Å²) in [6.07, 6.45) is 7.78. The van der Waals surface area contributed by atoms with Crippen molar-refractivity contribution < 1.29 is 19.4 Å².